The Morgan fingerprint density at radius 2 is 1.89 bits per heavy atom. The Labute approximate surface area is 259 Å². The van der Waals surface area contributed by atoms with Crippen molar-refractivity contribution in [3.8, 4) is 23.2 Å². The summed E-state index contributed by atoms with van der Waals surface area (Å²) in [5.74, 6) is -3.26. The maximum absolute atomic E-state index is 14.9. The van der Waals surface area contributed by atoms with Crippen LogP contribution in [0.3, 0.4) is 0 Å². The first-order valence-corrected chi connectivity index (χ1v) is 14.9. The minimum absolute atomic E-state index is 0.00650. The molecular weight excluding hydrogens is 586 g/mol. The van der Waals surface area contributed by atoms with Crippen molar-refractivity contribution in [3.05, 3.63) is 54.4 Å². The van der Waals surface area contributed by atoms with Gasteiger partial charge in [-0.3, -0.25) is 9.69 Å². The first-order chi connectivity index (χ1) is 21.8. The molecule has 0 bridgehead atoms. The van der Waals surface area contributed by atoms with Gasteiger partial charge in [-0.05, 0) is 42.5 Å². The average Bonchev–Trinajstić information content (AvgIpc) is 3.02. The van der Waals surface area contributed by atoms with Crippen LogP contribution in [0.5, 0.6) is 5.75 Å². The number of anilines is 3. The SMILES string of the molecule is N#Cc1cc(-c2ncnc(Nc3ccc(N4CCN(C5COC5)CC4)cc3)n2)ccc1O[C@H]1CCN(C(=O)CCO)CC1(F)F. The van der Waals surface area contributed by atoms with Crippen molar-refractivity contribution in [2.75, 3.05) is 69.3 Å². The molecule has 0 unspecified atom stereocenters. The van der Waals surface area contributed by atoms with Crippen LogP contribution in [0.25, 0.3) is 11.4 Å². The number of amides is 1. The summed E-state index contributed by atoms with van der Waals surface area (Å²) in [7, 11) is 0. The number of nitrogens with zero attached hydrogens (tertiary/aromatic N) is 7. The monoisotopic (exact) mass is 620 g/mol. The van der Waals surface area contributed by atoms with Crippen LogP contribution >= 0.6 is 0 Å². The third-order valence-corrected chi connectivity index (χ3v) is 8.35. The van der Waals surface area contributed by atoms with Crippen molar-refractivity contribution in [2.24, 2.45) is 0 Å². The predicted molar refractivity (Wildman–Crippen MR) is 160 cm³/mol. The number of aliphatic hydroxyl groups excluding tert-OH is 1. The second-order valence-electron chi connectivity index (χ2n) is 11.3. The van der Waals surface area contributed by atoms with E-state index >= 15 is 0 Å². The van der Waals surface area contributed by atoms with Crippen LogP contribution in [0.2, 0.25) is 0 Å². The van der Waals surface area contributed by atoms with E-state index in [4.69, 9.17) is 14.6 Å². The van der Waals surface area contributed by atoms with E-state index < -0.39 is 31.1 Å². The van der Waals surface area contributed by atoms with Gasteiger partial charge in [0.05, 0.1) is 38.0 Å². The molecule has 0 radical (unpaired) electrons. The van der Waals surface area contributed by atoms with Crippen LogP contribution in [-0.4, -0.2) is 113 Å². The molecule has 14 heteroatoms. The molecule has 236 valence electrons. The molecule has 0 saturated carbocycles. The molecule has 3 aromatic rings. The molecular formula is C31H34F2N8O4. The van der Waals surface area contributed by atoms with Gasteiger partial charge in [0.25, 0.3) is 0 Å². The van der Waals surface area contributed by atoms with Gasteiger partial charge in [0.2, 0.25) is 11.9 Å². The van der Waals surface area contributed by atoms with E-state index in [9.17, 15) is 18.8 Å². The molecule has 0 spiro atoms. The third kappa shape index (κ3) is 6.95. The van der Waals surface area contributed by atoms with Crippen LogP contribution in [-0.2, 0) is 9.53 Å². The van der Waals surface area contributed by atoms with E-state index in [2.05, 4.69) is 42.2 Å². The third-order valence-electron chi connectivity index (χ3n) is 8.35. The number of likely N-dealkylation sites (tertiary alicyclic amines) is 1. The summed E-state index contributed by atoms with van der Waals surface area (Å²) in [5, 5.41) is 21.9. The number of ether oxygens (including phenoxy) is 2. The van der Waals surface area contributed by atoms with Crippen LogP contribution in [0, 0.1) is 11.3 Å². The summed E-state index contributed by atoms with van der Waals surface area (Å²) >= 11 is 0. The standard InChI is InChI=1S/C31H34F2N8O4/c32-31(33)19-41(28(43)8-14-42)9-7-27(31)45-26-6-1-21(15-22(26)16-34)29-35-20-36-30(38-29)37-23-2-4-24(5-3-23)39-10-12-40(13-11-39)25-17-44-18-25/h1-6,15,20,25,27,42H,7-14,17-19H2,(H,35,36,37,38)/t27-/m0/s1. The van der Waals surface area contributed by atoms with Crippen molar-refractivity contribution >= 4 is 23.2 Å². The molecule has 4 heterocycles. The molecule has 0 aliphatic carbocycles. The summed E-state index contributed by atoms with van der Waals surface area (Å²) in [6.45, 7) is 4.47. The summed E-state index contributed by atoms with van der Waals surface area (Å²) in [4.78, 5) is 30.8. The zero-order chi connectivity index (χ0) is 31.4. The quantitative estimate of drug-likeness (QED) is 0.365. The van der Waals surface area contributed by atoms with E-state index in [1.54, 1.807) is 6.07 Å². The number of alkyl halides is 2. The number of nitriles is 1. The van der Waals surface area contributed by atoms with Crippen LogP contribution < -0.4 is 15.0 Å². The lowest BCUT2D eigenvalue weighted by molar-refractivity contribution is -0.160. The molecule has 12 nitrogen and oxygen atoms in total. The summed E-state index contributed by atoms with van der Waals surface area (Å²) in [6, 6.07) is 15.1. The number of piperazine rings is 1. The lowest BCUT2D eigenvalue weighted by Gasteiger charge is -2.43. The normalized spacial score (nSPS) is 20.3. The molecule has 3 aliphatic rings. The van der Waals surface area contributed by atoms with E-state index in [0.29, 0.717) is 23.4 Å². The molecule has 2 N–H and O–H groups in total. The highest BCUT2D eigenvalue weighted by Crippen LogP contribution is 2.34. The van der Waals surface area contributed by atoms with Gasteiger partial charge in [0.15, 0.2) is 11.9 Å². The highest BCUT2D eigenvalue weighted by molar-refractivity contribution is 5.76. The zero-order valence-electron chi connectivity index (χ0n) is 24.6. The Kier molecular flexibility index (Phi) is 9.02. The fourth-order valence-corrected chi connectivity index (χ4v) is 5.70. The van der Waals surface area contributed by atoms with Crippen molar-refractivity contribution < 1.29 is 28.2 Å². The number of carbonyl (C=O) groups excluding carboxylic acids is 1. The van der Waals surface area contributed by atoms with Crippen molar-refractivity contribution in [1.29, 1.82) is 5.26 Å². The highest BCUT2D eigenvalue weighted by atomic mass is 19.3. The second-order valence-corrected chi connectivity index (χ2v) is 11.3. The molecule has 3 aliphatic heterocycles. The Morgan fingerprint density at radius 3 is 2.56 bits per heavy atom. The number of hydrogen-bond acceptors (Lipinski definition) is 11. The number of rotatable bonds is 9. The number of benzene rings is 2. The fraction of sp³-hybridized carbons (Fsp3) is 0.452. The topological polar surface area (TPSA) is 140 Å². The molecule has 1 atom stereocenters. The lowest BCUT2D eigenvalue weighted by atomic mass is 10.0. The molecule has 1 aromatic heterocycles. The molecule has 3 saturated heterocycles. The highest BCUT2D eigenvalue weighted by Gasteiger charge is 2.47. The van der Waals surface area contributed by atoms with E-state index in [0.717, 1.165) is 55.7 Å². The summed E-state index contributed by atoms with van der Waals surface area (Å²) < 4.78 is 40.7. The Balaban J connectivity index is 1.08. The van der Waals surface area contributed by atoms with Crippen molar-refractivity contribution in [2.45, 2.75) is 30.9 Å². The first-order valence-electron chi connectivity index (χ1n) is 14.9. The predicted octanol–water partition coefficient (Wildman–Crippen LogP) is 2.67. The van der Waals surface area contributed by atoms with Gasteiger partial charge in [-0.25, -0.2) is 18.7 Å². The molecule has 1 amide bonds. The molecule has 6 rings (SSSR count). The number of aromatic nitrogens is 3. The van der Waals surface area contributed by atoms with Gasteiger partial charge in [0.1, 0.15) is 18.1 Å². The molecule has 2 aromatic carbocycles. The number of piperidine rings is 1. The second kappa shape index (κ2) is 13.3. The fourth-order valence-electron chi connectivity index (χ4n) is 5.70. The van der Waals surface area contributed by atoms with Crippen molar-refractivity contribution in [1.82, 2.24) is 24.8 Å². The van der Waals surface area contributed by atoms with Gasteiger partial charge < -0.3 is 29.7 Å². The molecule has 3 fully saturated rings. The minimum atomic E-state index is -3.33. The maximum atomic E-state index is 14.9. The van der Waals surface area contributed by atoms with Gasteiger partial charge in [-0.15, -0.1) is 0 Å². The lowest BCUT2D eigenvalue weighted by Crippen LogP contribution is -2.56. The first kappa shape index (κ1) is 30.6. The molecule has 45 heavy (non-hydrogen) atoms. The van der Waals surface area contributed by atoms with Gasteiger partial charge in [-0.2, -0.15) is 10.2 Å². The smallest absolute Gasteiger partial charge is 0.301 e. The van der Waals surface area contributed by atoms with Gasteiger partial charge in [0, 0.05) is 62.5 Å². The number of aliphatic hydroxyl groups is 1. The maximum Gasteiger partial charge on any atom is 0.301 e. The van der Waals surface area contributed by atoms with Crippen LogP contribution in [0.15, 0.2) is 48.8 Å². The van der Waals surface area contributed by atoms with Gasteiger partial charge >= 0.3 is 5.92 Å². The average molecular weight is 621 g/mol. The van der Waals surface area contributed by atoms with E-state index in [-0.39, 0.29) is 30.7 Å². The number of halogens is 2. The van der Waals surface area contributed by atoms with Crippen LogP contribution in [0.4, 0.5) is 26.1 Å². The van der Waals surface area contributed by atoms with E-state index in [1.165, 1.54) is 18.5 Å². The number of nitrogens with one attached hydrogen (secondary N) is 1. The zero-order valence-corrected chi connectivity index (χ0v) is 24.6. The number of carbonyl (C=O) groups is 1. The van der Waals surface area contributed by atoms with E-state index in [1.807, 2.05) is 18.2 Å². The summed E-state index contributed by atoms with van der Waals surface area (Å²) in [5.41, 5.74) is 2.48. The minimum Gasteiger partial charge on any atom is -0.483 e. The largest absolute Gasteiger partial charge is 0.483 e. The van der Waals surface area contributed by atoms with Crippen LogP contribution in [0.1, 0.15) is 18.4 Å². The van der Waals surface area contributed by atoms with Gasteiger partial charge in [-0.1, -0.05) is 0 Å². The Bertz CT molecular complexity index is 1540. The number of hydrogen-bond donors (Lipinski definition) is 2. The summed E-state index contributed by atoms with van der Waals surface area (Å²) in [6.07, 6.45) is -0.487. The van der Waals surface area contributed by atoms with Crippen molar-refractivity contribution in [3.63, 3.8) is 0 Å². The Hall–Kier alpha value is -4.45. The Morgan fingerprint density at radius 1 is 1.11 bits per heavy atom.